The molecule has 3 aromatic rings. The maximum atomic E-state index is 13.1. The number of furan rings is 1. The van der Waals surface area contributed by atoms with Crippen LogP contribution in [-0.4, -0.2) is 41.2 Å². The number of imide groups is 1. The van der Waals surface area contributed by atoms with Gasteiger partial charge in [0.1, 0.15) is 23.6 Å². The number of carbonyl (C=O) groups is 3. The van der Waals surface area contributed by atoms with Gasteiger partial charge in [0.15, 0.2) is 0 Å². The van der Waals surface area contributed by atoms with Crippen LogP contribution in [0.2, 0.25) is 5.02 Å². The monoisotopic (exact) mass is 476 g/mol. The summed E-state index contributed by atoms with van der Waals surface area (Å²) in [5, 5.41) is 12.3. The maximum Gasteiger partial charge on any atom is 0.325 e. The van der Waals surface area contributed by atoms with Crippen molar-refractivity contribution >= 4 is 29.4 Å². The van der Waals surface area contributed by atoms with Gasteiger partial charge in [-0.05, 0) is 61.0 Å². The van der Waals surface area contributed by atoms with Gasteiger partial charge in [0, 0.05) is 17.6 Å². The number of likely N-dealkylation sites (N-methyl/N-ethyl adjacent to an activating group) is 1. The lowest BCUT2D eigenvalue weighted by atomic mass is 9.91. The molecule has 2 aromatic carbocycles. The fourth-order valence-electron chi connectivity index (χ4n) is 3.72. The molecule has 0 spiro atoms. The Morgan fingerprint density at radius 2 is 1.79 bits per heavy atom. The summed E-state index contributed by atoms with van der Waals surface area (Å²) in [5.74, 6) is 0.240. The Morgan fingerprint density at radius 1 is 1.12 bits per heavy atom. The van der Waals surface area contributed by atoms with Crippen molar-refractivity contribution < 1.29 is 18.8 Å². The molecule has 1 fully saturated rings. The lowest BCUT2D eigenvalue weighted by Crippen LogP contribution is -2.43. The highest BCUT2D eigenvalue weighted by Crippen LogP contribution is 2.29. The first kappa shape index (κ1) is 23.1. The minimum atomic E-state index is -1.32. The van der Waals surface area contributed by atoms with E-state index < -0.39 is 29.9 Å². The lowest BCUT2D eigenvalue weighted by molar-refractivity contribution is -0.138. The number of hydrogen-bond donors (Lipinski definition) is 1. The molecular weight excluding hydrogens is 456 g/mol. The molecule has 0 aliphatic carbocycles. The smallest absolute Gasteiger partial charge is 0.325 e. The van der Waals surface area contributed by atoms with Crippen molar-refractivity contribution in [2.75, 3.05) is 13.6 Å². The summed E-state index contributed by atoms with van der Waals surface area (Å²) in [6.45, 7) is 1.34. The number of carbonyl (C=O) groups excluding carboxylic acids is 3. The molecule has 4 rings (SSSR count). The molecule has 1 atom stereocenters. The van der Waals surface area contributed by atoms with Crippen molar-refractivity contribution in [3.63, 3.8) is 0 Å². The second-order valence-corrected chi connectivity index (χ2v) is 8.59. The quantitative estimate of drug-likeness (QED) is 0.543. The summed E-state index contributed by atoms with van der Waals surface area (Å²) in [6.07, 6.45) is 0. The van der Waals surface area contributed by atoms with Gasteiger partial charge in [-0.3, -0.25) is 14.5 Å². The topological polar surface area (TPSA) is 107 Å². The molecule has 0 bridgehead atoms. The molecule has 4 amide bonds. The number of amides is 4. The first-order valence-electron chi connectivity index (χ1n) is 10.4. The maximum absolute atomic E-state index is 13.1. The number of hydrogen-bond acceptors (Lipinski definition) is 5. The number of nitrogens with one attached hydrogen (secondary N) is 1. The van der Waals surface area contributed by atoms with Crippen molar-refractivity contribution in [2.45, 2.75) is 19.0 Å². The zero-order valence-corrected chi connectivity index (χ0v) is 19.3. The van der Waals surface area contributed by atoms with Crippen LogP contribution < -0.4 is 5.32 Å². The average Bonchev–Trinajstić information content (AvgIpc) is 3.38. The van der Waals surface area contributed by atoms with Gasteiger partial charge in [0.05, 0.1) is 18.2 Å². The van der Waals surface area contributed by atoms with Gasteiger partial charge in [-0.1, -0.05) is 23.7 Å². The highest BCUT2D eigenvalue weighted by atomic mass is 35.5. The van der Waals surface area contributed by atoms with E-state index in [2.05, 4.69) is 5.32 Å². The van der Waals surface area contributed by atoms with Crippen LogP contribution in [0, 0.1) is 11.3 Å². The van der Waals surface area contributed by atoms with Gasteiger partial charge >= 0.3 is 6.03 Å². The molecule has 1 aromatic heterocycles. The minimum Gasteiger partial charge on any atom is -0.459 e. The molecule has 1 aliphatic rings. The molecule has 34 heavy (non-hydrogen) atoms. The van der Waals surface area contributed by atoms with Crippen molar-refractivity contribution in [1.82, 2.24) is 15.1 Å². The molecule has 0 saturated carbocycles. The summed E-state index contributed by atoms with van der Waals surface area (Å²) in [4.78, 5) is 40.7. The number of halogens is 1. The zero-order chi connectivity index (χ0) is 24.5. The molecule has 8 nitrogen and oxygen atoms in total. The SMILES string of the molecule is CN(Cc1ccc(-c2ccc(Cl)cc2)o1)C(=O)CN1C(=O)NC(C)(c2ccc(C#N)cc2)C1=O. The van der Waals surface area contributed by atoms with E-state index in [1.807, 2.05) is 18.2 Å². The molecule has 1 unspecified atom stereocenters. The number of urea groups is 1. The van der Waals surface area contributed by atoms with E-state index >= 15 is 0 Å². The molecule has 1 aliphatic heterocycles. The van der Waals surface area contributed by atoms with E-state index in [1.54, 1.807) is 62.5 Å². The van der Waals surface area contributed by atoms with Crippen molar-refractivity contribution in [3.05, 3.63) is 82.6 Å². The van der Waals surface area contributed by atoms with Gasteiger partial charge in [-0.2, -0.15) is 5.26 Å². The molecule has 1 N–H and O–H groups in total. The summed E-state index contributed by atoms with van der Waals surface area (Å²) >= 11 is 5.92. The van der Waals surface area contributed by atoms with E-state index in [0.717, 1.165) is 10.5 Å². The predicted octanol–water partition coefficient (Wildman–Crippen LogP) is 3.90. The normalized spacial score (nSPS) is 17.4. The van der Waals surface area contributed by atoms with Gasteiger partial charge in [-0.15, -0.1) is 0 Å². The molecule has 9 heteroatoms. The van der Waals surface area contributed by atoms with Gasteiger partial charge in [0.2, 0.25) is 5.91 Å². The van der Waals surface area contributed by atoms with Crippen LogP contribution in [0.3, 0.4) is 0 Å². The Morgan fingerprint density at radius 3 is 2.44 bits per heavy atom. The second kappa shape index (κ2) is 9.04. The Balaban J connectivity index is 1.42. The van der Waals surface area contributed by atoms with Crippen LogP contribution >= 0.6 is 11.6 Å². The van der Waals surface area contributed by atoms with Crippen LogP contribution in [0.25, 0.3) is 11.3 Å². The largest absolute Gasteiger partial charge is 0.459 e. The molecule has 172 valence electrons. The predicted molar refractivity (Wildman–Crippen MR) is 124 cm³/mol. The third-order valence-electron chi connectivity index (χ3n) is 5.77. The lowest BCUT2D eigenvalue weighted by Gasteiger charge is -2.23. The van der Waals surface area contributed by atoms with Crippen molar-refractivity contribution in [2.24, 2.45) is 0 Å². The van der Waals surface area contributed by atoms with Crippen molar-refractivity contribution in [3.8, 4) is 17.4 Å². The highest BCUT2D eigenvalue weighted by Gasteiger charge is 2.49. The van der Waals surface area contributed by atoms with E-state index in [0.29, 0.717) is 27.7 Å². The second-order valence-electron chi connectivity index (χ2n) is 8.16. The number of nitriles is 1. The van der Waals surface area contributed by atoms with Crippen LogP contribution in [0.5, 0.6) is 0 Å². The minimum absolute atomic E-state index is 0.170. The molecule has 2 heterocycles. The Hall–Kier alpha value is -4.09. The fourth-order valence-corrected chi connectivity index (χ4v) is 3.85. The fraction of sp³-hybridized carbons (Fsp3) is 0.200. The number of rotatable bonds is 6. The number of nitrogens with zero attached hydrogens (tertiary/aromatic N) is 3. The van der Waals surface area contributed by atoms with Gasteiger partial charge < -0.3 is 14.6 Å². The first-order valence-corrected chi connectivity index (χ1v) is 10.8. The summed E-state index contributed by atoms with van der Waals surface area (Å²) in [6, 6.07) is 18.5. The summed E-state index contributed by atoms with van der Waals surface area (Å²) in [7, 11) is 1.57. The van der Waals surface area contributed by atoms with Crippen molar-refractivity contribution in [1.29, 1.82) is 5.26 Å². The van der Waals surface area contributed by atoms with Crippen LogP contribution in [0.15, 0.2) is 65.1 Å². The van der Waals surface area contributed by atoms with Crippen LogP contribution in [-0.2, 0) is 21.7 Å². The van der Waals surface area contributed by atoms with E-state index in [1.165, 1.54) is 4.90 Å². The van der Waals surface area contributed by atoms with Gasteiger partial charge in [-0.25, -0.2) is 4.79 Å². The van der Waals surface area contributed by atoms with E-state index in [9.17, 15) is 14.4 Å². The Labute approximate surface area is 201 Å². The standard InChI is InChI=1S/C25H21ClN4O4/c1-25(18-7-3-16(13-27)4-8-18)23(32)30(24(33)28-25)15-22(31)29(2)14-20-11-12-21(34-20)17-5-9-19(26)10-6-17/h3-12H,14-15H2,1-2H3,(H,28,33). The molecular formula is C25H21ClN4O4. The van der Waals surface area contributed by atoms with Gasteiger partial charge in [0.25, 0.3) is 5.91 Å². The zero-order valence-electron chi connectivity index (χ0n) is 18.5. The third-order valence-corrected chi connectivity index (χ3v) is 6.02. The van der Waals surface area contributed by atoms with E-state index in [4.69, 9.17) is 21.3 Å². The van der Waals surface area contributed by atoms with Crippen LogP contribution in [0.1, 0.15) is 23.8 Å². The number of benzene rings is 2. The first-order chi connectivity index (χ1) is 16.2. The highest BCUT2D eigenvalue weighted by molar-refractivity contribution is 6.30. The summed E-state index contributed by atoms with van der Waals surface area (Å²) < 4.78 is 5.83. The Bertz CT molecular complexity index is 1290. The third kappa shape index (κ3) is 4.38. The van der Waals surface area contributed by atoms with E-state index in [-0.39, 0.29) is 6.54 Å². The average molecular weight is 477 g/mol. The molecule has 1 saturated heterocycles. The summed E-state index contributed by atoms with van der Waals surface area (Å²) in [5.41, 5.74) is 0.498. The molecule has 0 radical (unpaired) electrons. The van der Waals surface area contributed by atoms with Crippen LogP contribution in [0.4, 0.5) is 4.79 Å². The Kier molecular flexibility index (Phi) is 6.14.